The summed E-state index contributed by atoms with van der Waals surface area (Å²) in [6.45, 7) is 3.80. The largest absolute Gasteiger partial charge is 0.489 e. The lowest BCUT2D eigenvalue weighted by Gasteiger charge is -2.26. The van der Waals surface area contributed by atoms with E-state index in [9.17, 15) is 18.0 Å². The SMILES string of the molecule is CC(=O)N1CCC(C(=O)NO)C1CS(=O)(=O)c1ccc(OCc2cc(C)nc3ccccc23)cc1. The molecule has 1 aromatic heterocycles. The number of para-hydroxylation sites is 1. The number of carbonyl (C=O) groups excluding carboxylic acids is 2. The van der Waals surface area contributed by atoms with Gasteiger partial charge in [-0.1, -0.05) is 18.2 Å². The first kappa shape index (κ1) is 24.6. The highest BCUT2D eigenvalue weighted by molar-refractivity contribution is 7.91. The number of fused-ring (bicyclic) bond motifs is 1. The van der Waals surface area contributed by atoms with Gasteiger partial charge in [0.15, 0.2) is 9.84 Å². The fourth-order valence-electron chi connectivity index (χ4n) is 4.58. The van der Waals surface area contributed by atoms with Crippen LogP contribution in [0.1, 0.15) is 24.6 Å². The minimum absolute atomic E-state index is 0.0635. The molecule has 4 rings (SSSR count). The highest BCUT2D eigenvalue weighted by Crippen LogP contribution is 2.29. The maximum Gasteiger partial charge on any atom is 0.248 e. The summed E-state index contributed by atoms with van der Waals surface area (Å²) < 4.78 is 32.1. The third kappa shape index (κ3) is 5.28. The van der Waals surface area contributed by atoms with E-state index in [1.165, 1.54) is 24.0 Å². The maximum absolute atomic E-state index is 13.1. The summed E-state index contributed by atoms with van der Waals surface area (Å²) in [4.78, 5) is 30.0. The van der Waals surface area contributed by atoms with Crippen LogP contribution in [0.2, 0.25) is 0 Å². The Labute approximate surface area is 203 Å². The monoisotopic (exact) mass is 497 g/mol. The van der Waals surface area contributed by atoms with Crippen LogP contribution in [0.15, 0.2) is 59.5 Å². The van der Waals surface area contributed by atoms with Gasteiger partial charge in [-0.3, -0.25) is 19.8 Å². The van der Waals surface area contributed by atoms with E-state index in [1.54, 1.807) is 17.6 Å². The normalized spacial score (nSPS) is 18.0. The highest BCUT2D eigenvalue weighted by atomic mass is 32.2. The number of amides is 2. The molecule has 2 aromatic carbocycles. The second kappa shape index (κ2) is 10.0. The quantitative estimate of drug-likeness (QED) is 0.380. The zero-order chi connectivity index (χ0) is 25.2. The summed E-state index contributed by atoms with van der Waals surface area (Å²) in [6, 6.07) is 15.0. The van der Waals surface area contributed by atoms with Gasteiger partial charge in [0.05, 0.1) is 28.1 Å². The van der Waals surface area contributed by atoms with Gasteiger partial charge in [0, 0.05) is 30.1 Å². The van der Waals surface area contributed by atoms with Crippen LogP contribution in [0.25, 0.3) is 10.9 Å². The van der Waals surface area contributed by atoms with E-state index in [4.69, 9.17) is 9.94 Å². The molecule has 2 N–H and O–H groups in total. The van der Waals surface area contributed by atoms with Crippen molar-refractivity contribution < 1.29 is 28.0 Å². The van der Waals surface area contributed by atoms with Gasteiger partial charge in [0.1, 0.15) is 12.4 Å². The number of benzene rings is 2. The fraction of sp³-hybridized carbons (Fsp3) is 0.320. The number of pyridine rings is 1. The Morgan fingerprint density at radius 1 is 1.17 bits per heavy atom. The van der Waals surface area contributed by atoms with E-state index in [2.05, 4.69) is 4.98 Å². The Morgan fingerprint density at radius 2 is 1.89 bits per heavy atom. The van der Waals surface area contributed by atoms with Gasteiger partial charge >= 0.3 is 0 Å². The molecule has 2 atom stereocenters. The number of hydrogen-bond donors (Lipinski definition) is 2. The van der Waals surface area contributed by atoms with Crippen molar-refractivity contribution in [2.75, 3.05) is 12.3 Å². The molecule has 10 heteroatoms. The predicted molar refractivity (Wildman–Crippen MR) is 129 cm³/mol. The maximum atomic E-state index is 13.1. The first-order chi connectivity index (χ1) is 16.7. The second-order valence-electron chi connectivity index (χ2n) is 8.63. The first-order valence-corrected chi connectivity index (χ1v) is 12.9. The molecule has 1 saturated heterocycles. The summed E-state index contributed by atoms with van der Waals surface area (Å²) in [5, 5.41) is 10.0. The molecule has 0 saturated carbocycles. The van der Waals surface area contributed by atoms with Crippen molar-refractivity contribution >= 4 is 32.6 Å². The van der Waals surface area contributed by atoms with Crippen molar-refractivity contribution in [2.45, 2.75) is 37.8 Å². The van der Waals surface area contributed by atoms with E-state index >= 15 is 0 Å². The van der Waals surface area contributed by atoms with E-state index in [1.807, 2.05) is 37.3 Å². The van der Waals surface area contributed by atoms with Gasteiger partial charge in [-0.2, -0.15) is 0 Å². The number of nitrogens with one attached hydrogen (secondary N) is 1. The lowest BCUT2D eigenvalue weighted by Crippen LogP contribution is -2.45. The number of ether oxygens (including phenoxy) is 1. The lowest BCUT2D eigenvalue weighted by molar-refractivity contribution is -0.135. The van der Waals surface area contributed by atoms with Gasteiger partial charge < -0.3 is 9.64 Å². The molecule has 1 aliphatic rings. The molecule has 2 heterocycles. The molecule has 2 unspecified atom stereocenters. The number of aryl methyl sites for hydroxylation is 1. The Balaban J connectivity index is 1.49. The molecule has 1 aliphatic heterocycles. The number of hydroxylamine groups is 1. The minimum atomic E-state index is -3.82. The van der Waals surface area contributed by atoms with E-state index in [0.29, 0.717) is 12.4 Å². The molecular formula is C25H27N3O6S. The summed E-state index contributed by atoms with van der Waals surface area (Å²) in [5.41, 5.74) is 4.31. The van der Waals surface area contributed by atoms with Gasteiger partial charge in [0.2, 0.25) is 11.8 Å². The molecule has 0 spiro atoms. The van der Waals surface area contributed by atoms with Gasteiger partial charge in [0.25, 0.3) is 0 Å². The summed E-state index contributed by atoms with van der Waals surface area (Å²) in [7, 11) is -3.82. The van der Waals surface area contributed by atoms with Crippen LogP contribution < -0.4 is 10.2 Å². The zero-order valence-corrected chi connectivity index (χ0v) is 20.3. The standard InChI is InChI=1S/C25H27N3O6S/c1-16-13-18(21-5-3-4-6-23(21)26-16)14-34-19-7-9-20(10-8-19)35(32,33)15-24-22(25(30)27-31)11-12-28(24)17(2)29/h3-10,13,22,24,31H,11-12,14-15H2,1-2H3,(H,27,30). The number of carbonyl (C=O) groups is 2. The van der Waals surface area contributed by atoms with Crippen LogP contribution in [0, 0.1) is 12.8 Å². The van der Waals surface area contributed by atoms with Gasteiger partial charge in [-0.15, -0.1) is 0 Å². The third-order valence-corrected chi connectivity index (χ3v) is 8.07. The van der Waals surface area contributed by atoms with Crippen molar-refractivity contribution in [2.24, 2.45) is 5.92 Å². The number of likely N-dealkylation sites (tertiary alicyclic amines) is 1. The van der Waals surface area contributed by atoms with E-state index < -0.39 is 33.5 Å². The molecule has 0 aliphatic carbocycles. The number of rotatable bonds is 7. The van der Waals surface area contributed by atoms with Crippen LogP contribution >= 0.6 is 0 Å². The van der Waals surface area contributed by atoms with Crippen molar-refractivity contribution in [1.29, 1.82) is 0 Å². The molecule has 9 nitrogen and oxygen atoms in total. The molecule has 0 radical (unpaired) electrons. The smallest absolute Gasteiger partial charge is 0.248 e. The fourth-order valence-corrected chi connectivity index (χ4v) is 6.18. The summed E-state index contributed by atoms with van der Waals surface area (Å²) >= 11 is 0. The Morgan fingerprint density at radius 3 is 2.57 bits per heavy atom. The van der Waals surface area contributed by atoms with Gasteiger partial charge in [-0.25, -0.2) is 13.9 Å². The van der Waals surface area contributed by atoms with Crippen molar-refractivity contribution in [1.82, 2.24) is 15.4 Å². The second-order valence-corrected chi connectivity index (χ2v) is 10.7. The number of sulfone groups is 1. The first-order valence-electron chi connectivity index (χ1n) is 11.2. The average Bonchev–Trinajstić information content (AvgIpc) is 3.25. The number of nitrogens with zero attached hydrogens (tertiary/aromatic N) is 2. The average molecular weight is 498 g/mol. The van der Waals surface area contributed by atoms with E-state index in [0.717, 1.165) is 22.2 Å². The molecular weight excluding hydrogens is 470 g/mol. The molecule has 1 fully saturated rings. The van der Waals surface area contributed by atoms with E-state index in [-0.39, 0.29) is 23.8 Å². The predicted octanol–water partition coefficient (Wildman–Crippen LogP) is 2.64. The Hall–Kier alpha value is -3.50. The van der Waals surface area contributed by atoms with Crippen molar-refractivity contribution in [3.05, 3.63) is 65.9 Å². The molecule has 184 valence electrons. The van der Waals surface area contributed by atoms with Crippen molar-refractivity contribution in [3.63, 3.8) is 0 Å². The Bertz CT molecular complexity index is 1360. The van der Waals surface area contributed by atoms with Crippen LogP contribution in [0.5, 0.6) is 5.75 Å². The van der Waals surface area contributed by atoms with Crippen LogP contribution in [0.4, 0.5) is 0 Å². The minimum Gasteiger partial charge on any atom is -0.489 e. The third-order valence-electron chi connectivity index (χ3n) is 6.29. The van der Waals surface area contributed by atoms with Crippen LogP contribution in [0.3, 0.4) is 0 Å². The number of hydrogen-bond acceptors (Lipinski definition) is 7. The highest BCUT2D eigenvalue weighted by Gasteiger charge is 2.42. The van der Waals surface area contributed by atoms with Gasteiger partial charge in [-0.05, 0) is 49.7 Å². The molecule has 3 aromatic rings. The summed E-state index contributed by atoms with van der Waals surface area (Å²) in [6.07, 6.45) is 0.280. The van der Waals surface area contributed by atoms with Crippen molar-refractivity contribution in [3.8, 4) is 5.75 Å². The molecule has 2 amide bonds. The topological polar surface area (TPSA) is 126 Å². The van der Waals surface area contributed by atoms with Crippen LogP contribution in [-0.4, -0.2) is 53.7 Å². The zero-order valence-electron chi connectivity index (χ0n) is 19.5. The summed E-state index contributed by atoms with van der Waals surface area (Å²) in [5.74, 6) is -1.74. The number of aromatic nitrogens is 1. The van der Waals surface area contributed by atoms with Crippen LogP contribution in [-0.2, 0) is 26.0 Å². The Kier molecular flexibility index (Phi) is 7.04. The molecule has 0 bridgehead atoms. The molecule has 35 heavy (non-hydrogen) atoms. The lowest BCUT2D eigenvalue weighted by atomic mass is 10.0.